The minimum absolute atomic E-state index is 0.714. The van der Waals surface area contributed by atoms with E-state index in [1.54, 1.807) is 21.3 Å². The second kappa shape index (κ2) is 6.89. The summed E-state index contributed by atoms with van der Waals surface area (Å²) in [5.74, 6) is 2.20. The fourth-order valence-electron chi connectivity index (χ4n) is 2.87. The van der Waals surface area contributed by atoms with Crippen LogP contribution in [0, 0.1) is 13.8 Å². The number of hydrogen-bond donors (Lipinski definition) is 1. The lowest BCUT2D eigenvalue weighted by Gasteiger charge is -2.09. The van der Waals surface area contributed by atoms with Gasteiger partial charge in [-0.25, -0.2) is 4.99 Å². The van der Waals surface area contributed by atoms with Crippen LogP contribution >= 0.6 is 0 Å². The van der Waals surface area contributed by atoms with Crippen LogP contribution in [-0.2, 0) is 4.74 Å². The molecule has 2 aromatic rings. The van der Waals surface area contributed by atoms with E-state index in [2.05, 4.69) is 18.0 Å². The maximum atomic E-state index is 5.52. The van der Waals surface area contributed by atoms with Crippen LogP contribution in [0.2, 0.25) is 0 Å². The third-order valence-electron chi connectivity index (χ3n) is 4.13. The molecular formula is C20H22N2O3. The van der Waals surface area contributed by atoms with E-state index in [9.17, 15) is 0 Å². The van der Waals surface area contributed by atoms with E-state index in [4.69, 9.17) is 19.2 Å². The number of aromatic nitrogens is 1. The highest BCUT2D eigenvalue weighted by atomic mass is 16.5. The van der Waals surface area contributed by atoms with Gasteiger partial charge in [-0.3, -0.25) is 0 Å². The number of allylic oxidation sites excluding steroid dienone is 1. The molecule has 0 amide bonds. The van der Waals surface area contributed by atoms with E-state index >= 15 is 0 Å². The van der Waals surface area contributed by atoms with Gasteiger partial charge in [-0.1, -0.05) is 0 Å². The molecule has 0 bridgehead atoms. The topological polar surface area (TPSA) is 55.8 Å². The van der Waals surface area contributed by atoms with Crippen LogP contribution in [0.4, 0.5) is 0 Å². The summed E-state index contributed by atoms with van der Waals surface area (Å²) in [6, 6.07) is 7.75. The lowest BCUT2D eigenvalue weighted by molar-refractivity contribution is 0.303. The second-order valence-electron chi connectivity index (χ2n) is 5.85. The SMILES string of the molecule is COC1=CC(c2cc(OC)ccc2OC)=NC1=Cc1[nH]c(C)cc1C. The minimum atomic E-state index is 0.714. The van der Waals surface area contributed by atoms with Gasteiger partial charge in [0.15, 0.2) is 0 Å². The predicted molar refractivity (Wildman–Crippen MR) is 99.4 cm³/mol. The Morgan fingerprint density at radius 1 is 1.00 bits per heavy atom. The molecular weight excluding hydrogens is 316 g/mol. The van der Waals surface area contributed by atoms with Crippen molar-refractivity contribution in [1.82, 2.24) is 4.98 Å². The van der Waals surface area contributed by atoms with Crippen LogP contribution in [0.5, 0.6) is 11.5 Å². The highest BCUT2D eigenvalue weighted by Gasteiger charge is 2.20. The molecule has 0 radical (unpaired) electrons. The van der Waals surface area contributed by atoms with Crippen molar-refractivity contribution in [1.29, 1.82) is 0 Å². The fraction of sp³-hybridized carbons (Fsp3) is 0.250. The van der Waals surface area contributed by atoms with Gasteiger partial charge >= 0.3 is 0 Å². The van der Waals surface area contributed by atoms with Crippen molar-refractivity contribution >= 4 is 11.8 Å². The maximum Gasteiger partial charge on any atom is 0.146 e. The first-order valence-corrected chi connectivity index (χ1v) is 8.00. The number of nitrogens with zero attached hydrogens (tertiary/aromatic N) is 1. The third kappa shape index (κ3) is 3.31. The molecule has 0 atom stereocenters. The van der Waals surface area contributed by atoms with Crippen LogP contribution < -0.4 is 9.47 Å². The van der Waals surface area contributed by atoms with Crippen LogP contribution in [0.25, 0.3) is 6.08 Å². The van der Waals surface area contributed by atoms with Gasteiger partial charge in [0, 0.05) is 23.0 Å². The monoisotopic (exact) mass is 338 g/mol. The van der Waals surface area contributed by atoms with E-state index in [1.165, 1.54) is 5.56 Å². The maximum absolute atomic E-state index is 5.52. The number of ether oxygens (including phenoxy) is 3. The molecule has 2 heterocycles. The molecule has 1 aromatic heterocycles. The summed E-state index contributed by atoms with van der Waals surface area (Å²) < 4.78 is 16.3. The number of aromatic amines is 1. The van der Waals surface area contributed by atoms with Crippen molar-refractivity contribution in [2.75, 3.05) is 21.3 Å². The molecule has 0 saturated carbocycles. The Kier molecular flexibility index (Phi) is 4.65. The van der Waals surface area contributed by atoms with Crippen molar-refractivity contribution in [2.45, 2.75) is 13.8 Å². The van der Waals surface area contributed by atoms with E-state index in [1.807, 2.05) is 37.3 Å². The van der Waals surface area contributed by atoms with Crippen molar-refractivity contribution < 1.29 is 14.2 Å². The van der Waals surface area contributed by atoms with Crippen LogP contribution in [0.1, 0.15) is 22.5 Å². The Bertz CT molecular complexity index is 888. The van der Waals surface area contributed by atoms with Gasteiger partial charge in [-0.15, -0.1) is 0 Å². The normalized spacial score (nSPS) is 15.2. The zero-order valence-electron chi connectivity index (χ0n) is 15.1. The van der Waals surface area contributed by atoms with Crippen molar-refractivity contribution in [3.63, 3.8) is 0 Å². The standard InChI is InChI=1S/C20H22N2O3/c1-12-8-13(2)21-16(12)10-18-20(25-5)11-17(22-18)15-9-14(23-3)6-7-19(15)24-4/h6-11,21H,1-5H3. The molecule has 0 aliphatic carbocycles. The summed E-state index contributed by atoms with van der Waals surface area (Å²) in [6.07, 6.45) is 3.91. The molecule has 1 aliphatic rings. The predicted octanol–water partition coefficient (Wildman–Crippen LogP) is 4.02. The molecule has 1 N–H and O–H groups in total. The number of benzene rings is 1. The number of hydrogen-bond acceptors (Lipinski definition) is 4. The molecule has 1 aromatic carbocycles. The first kappa shape index (κ1) is 16.9. The third-order valence-corrected chi connectivity index (χ3v) is 4.13. The number of aliphatic imine (C=N–C) groups is 1. The summed E-state index contributed by atoms with van der Waals surface area (Å²) >= 11 is 0. The number of methoxy groups -OCH3 is 3. The largest absolute Gasteiger partial charge is 0.497 e. The van der Waals surface area contributed by atoms with Gasteiger partial charge in [0.05, 0.1) is 27.0 Å². The highest BCUT2D eigenvalue weighted by molar-refractivity contribution is 6.14. The number of nitrogens with one attached hydrogen (secondary N) is 1. The number of aryl methyl sites for hydroxylation is 2. The van der Waals surface area contributed by atoms with E-state index in [-0.39, 0.29) is 0 Å². The smallest absolute Gasteiger partial charge is 0.146 e. The first-order chi connectivity index (χ1) is 12.0. The zero-order valence-corrected chi connectivity index (χ0v) is 15.1. The number of rotatable bonds is 5. The summed E-state index contributed by atoms with van der Waals surface area (Å²) in [5.41, 5.74) is 5.72. The van der Waals surface area contributed by atoms with Crippen LogP contribution in [-0.4, -0.2) is 32.0 Å². The lowest BCUT2D eigenvalue weighted by Crippen LogP contribution is -1.99. The molecule has 130 valence electrons. The number of H-pyrrole nitrogens is 1. The molecule has 0 spiro atoms. The minimum Gasteiger partial charge on any atom is -0.497 e. The van der Waals surface area contributed by atoms with Crippen LogP contribution in [0.15, 0.2) is 46.8 Å². The quantitative estimate of drug-likeness (QED) is 0.896. The molecule has 0 saturated heterocycles. The molecule has 25 heavy (non-hydrogen) atoms. The Hall–Kier alpha value is -2.95. The van der Waals surface area contributed by atoms with Gasteiger partial charge in [-0.2, -0.15) is 0 Å². The van der Waals surface area contributed by atoms with Crippen LogP contribution in [0.3, 0.4) is 0 Å². The van der Waals surface area contributed by atoms with Gasteiger partial charge in [0.2, 0.25) is 0 Å². The van der Waals surface area contributed by atoms with Gasteiger partial charge in [0.25, 0.3) is 0 Å². The molecule has 0 unspecified atom stereocenters. The fourth-order valence-corrected chi connectivity index (χ4v) is 2.87. The Balaban J connectivity index is 2.07. The molecule has 0 fully saturated rings. The molecule has 5 heteroatoms. The molecule has 3 rings (SSSR count). The Labute approximate surface area is 147 Å². The average molecular weight is 338 g/mol. The Morgan fingerprint density at radius 3 is 2.40 bits per heavy atom. The second-order valence-corrected chi connectivity index (χ2v) is 5.85. The summed E-state index contributed by atoms with van der Waals surface area (Å²) in [6.45, 7) is 4.10. The van der Waals surface area contributed by atoms with Crippen molar-refractivity contribution in [3.8, 4) is 11.5 Å². The van der Waals surface area contributed by atoms with E-state index in [0.717, 1.165) is 39.9 Å². The zero-order chi connectivity index (χ0) is 18.0. The molecule has 1 aliphatic heterocycles. The highest BCUT2D eigenvalue weighted by Crippen LogP contribution is 2.31. The van der Waals surface area contributed by atoms with Crippen molar-refractivity contribution in [2.24, 2.45) is 4.99 Å². The lowest BCUT2D eigenvalue weighted by atomic mass is 10.1. The van der Waals surface area contributed by atoms with Gasteiger partial charge in [-0.05, 0) is 49.8 Å². The van der Waals surface area contributed by atoms with Gasteiger partial charge < -0.3 is 19.2 Å². The average Bonchev–Trinajstić information content (AvgIpc) is 3.17. The van der Waals surface area contributed by atoms with Crippen molar-refractivity contribution in [3.05, 3.63) is 64.3 Å². The Morgan fingerprint density at radius 2 is 1.80 bits per heavy atom. The first-order valence-electron chi connectivity index (χ1n) is 8.00. The molecule has 5 nitrogen and oxygen atoms in total. The van der Waals surface area contributed by atoms with E-state index < -0.39 is 0 Å². The summed E-state index contributed by atoms with van der Waals surface area (Å²) in [5, 5.41) is 0. The van der Waals surface area contributed by atoms with E-state index in [0.29, 0.717) is 5.76 Å². The van der Waals surface area contributed by atoms with Gasteiger partial charge in [0.1, 0.15) is 23.0 Å². The summed E-state index contributed by atoms with van der Waals surface area (Å²) in [7, 11) is 4.93. The summed E-state index contributed by atoms with van der Waals surface area (Å²) in [4.78, 5) is 8.08.